The number of hydrogen-bond acceptors (Lipinski definition) is 2. The Morgan fingerprint density at radius 3 is 2.57 bits per heavy atom. The van der Waals surface area contributed by atoms with Crippen LogP contribution in [-0.4, -0.2) is 19.4 Å². The van der Waals surface area contributed by atoms with E-state index in [0.717, 1.165) is 12.8 Å². The Balaban J connectivity index is 2.32. The van der Waals surface area contributed by atoms with Crippen molar-refractivity contribution in [2.45, 2.75) is 57.6 Å². The maximum atomic E-state index is 11.5. The molecule has 2 nitrogen and oxygen atoms in total. The van der Waals surface area contributed by atoms with Gasteiger partial charge in [0.1, 0.15) is 0 Å². The highest BCUT2D eigenvalue weighted by atomic mass is 32.2. The zero-order valence-electron chi connectivity index (χ0n) is 9.33. The minimum atomic E-state index is -2.72. The summed E-state index contributed by atoms with van der Waals surface area (Å²) in [5.41, 5.74) is 0. The summed E-state index contributed by atoms with van der Waals surface area (Å²) < 4.78 is 22.9. The van der Waals surface area contributed by atoms with Gasteiger partial charge in [-0.2, -0.15) is 0 Å². The van der Waals surface area contributed by atoms with E-state index < -0.39 is 9.84 Å². The van der Waals surface area contributed by atoms with Gasteiger partial charge < -0.3 is 0 Å². The molecule has 0 amide bonds. The number of unbranched alkanes of at least 4 members (excludes halogenated alkanes) is 2. The van der Waals surface area contributed by atoms with Crippen molar-refractivity contribution >= 4 is 9.84 Å². The molecular weight excluding hydrogens is 196 g/mol. The van der Waals surface area contributed by atoms with Crippen LogP contribution in [-0.2, 0) is 9.84 Å². The first kappa shape index (κ1) is 12.0. The lowest BCUT2D eigenvalue weighted by Crippen LogP contribution is -2.30. The zero-order chi connectivity index (χ0) is 10.6. The van der Waals surface area contributed by atoms with Crippen molar-refractivity contribution in [2.24, 2.45) is 5.92 Å². The van der Waals surface area contributed by atoms with Gasteiger partial charge in [0, 0.05) is 0 Å². The Bertz CT molecular complexity index is 256. The second-order valence-corrected chi connectivity index (χ2v) is 7.10. The molecule has 14 heavy (non-hydrogen) atoms. The van der Waals surface area contributed by atoms with Crippen LogP contribution in [0.1, 0.15) is 52.4 Å². The molecule has 84 valence electrons. The SMILES string of the molecule is CCCCCC1CCS(=O)(=O)C(C)C1. The van der Waals surface area contributed by atoms with Crippen LogP contribution in [0, 0.1) is 5.92 Å². The molecule has 0 spiro atoms. The van der Waals surface area contributed by atoms with E-state index in [1.165, 1.54) is 25.7 Å². The number of rotatable bonds is 4. The highest BCUT2D eigenvalue weighted by molar-refractivity contribution is 7.92. The first-order valence-electron chi connectivity index (χ1n) is 5.78. The van der Waals surface area contributed by atoms with Gasteiger partial charge in [0.2, 0.25) is 0 Å². The lowest BCUT2D eigenvalue weighted by atomic mass is 9.93. The van der Waals surface area contributed by atoms with E-state index in [4.69, 9.17) is 0 Å². The van der Waals surface area contributed by atoms with E-state index in [1.54, 1.807) is 0 Å². The molecule has 3 heteroatoms. The molecule has 0 aliphatic carbocycles. The zero-order valence-corrected chi connectivity index (χ0v) is 10.1. The standard InChI is InChI=1S/C11H22O2S/c1-3-4-5-6-11-7-8-14(12,13)10(2)9-11/h10-11H,3-9H2,1-2H3. The fraction of sp³-hybridized carbons (Fsp3) is 1.00. The molecule has 0 aromatic carbocycles. The monoisotopic (exact) mass is 218 g/mol. The number of hydrogen-bond donors (Lipinski definition) is 0. The first-order chi connectivity index (χ1) is 6.56. The van der Waals surface area contributed by atoms with Gasteiger partial charge in [0.15, 0.2) is 9.84 Å². The molecule has 1 heterocycles. The van der Waals surface area contributed by atoms with Gasteiger partial charge in [-0.25, -0.2) is 8.42 Å². The molecule has 1 saturated heterocycles. The van der Waals surface area contributed by atoms with Gasteiger partial charge >= 0.3 is 0 Å². The van der Waals surface area contributed by atoms with Crippen LogP contribution < -0.4 is 0 Å². The molecule has 1 aliphatic heterocycles. The molecule has 2 unspecified atom stereocenters. The topological polar surface area (TPSA) is 34.1 Å². The third kappa shape index (κ3) is 3.26. The van der Waals surface area contributed by atoms with Crippen molar-refractivity contribution < 1.29 is 8.42 Å². The molecular formula is C11H22O2S. The largest absolute Gasteiger partial charge is 0.229 e. The summed E-state index contributed by atoms with van der Waals surface area (Å²) in [4.78, 5) is 0. The van der Waals surface area contributed by atoms with Gasteiger partial charge in [0.05, 0.1) is 11.0 Å². The lowest BCUT2D eigenvalue weighted by Gasteiger charge is -2.26. The summed E-state index contributed by atoms with van der Waals surface area (Å²) in [6.07, 6.45) is 6.84. The minimum Gasteiger partial charge on any atom is -0.229 e. The van der Waals surface area contributed by atoms with Crippen molar-refractivity contribution in [2.75, 3.05) is 5.75 Å². The van der Waals surface area contributed by atoms with Crippen LogP contribution in [0.15, 0.2) is 0 Å². The van der Waals surface area contributed by atoms with Crippen molar-refractivity contribution in [3.05, 3.63) is 0 Å². The van der Waals surface area contributed by atoms with E-state index in [1.807, 2.05) is 6.92 Å². The smallest absolute Gasteiger partial charge is 0.152 e. The average molecular weight is 218 g/mol. The van der Waals surface area contributed by atoms with Gasteiger partial charge in [0.25, 0.3) is 0 Å². The quantitative estimate of drug-likeness (QED) is 0.680. The summed E-state index contributed by atoms with van der Waals surface area (Å²) in [5.74, 6) is 1.09. The fourth-order valence-electron chi connectivity index (χ4n) is 2.21. The van der Waals surface area contributed by atoms with Gasteiger partial charge in [-0.05, 0) is 25.7 Å². The van der Waals surface area contributed by atoms with E-state index in [-0.39, 0.29) is 5.25 Å². The number of sulfone groups is 1. The van der Waals surface area contributed by atoms with Crippen molar-refractivity contribution in [3.63, 3.8) is 0 Å². The third-order valence-electron chi connectivity index (χ3n) is 3.30. The van der Waals surface area contributed by atoms with Crippen molar-refractivity contribution in [1.29, 1.82) is 0 Å². The second kappa shape index (κ2) is 5.15. The van der Waals surface area contributed by atoms with Gasteiger partial charge in [-0.1, -0.05) is 32.6 Å². The van der Waals surface area contributed by atoms with Gasteiger partial charge in [-0.15, -0.1) is 0 Å². The minimum absolute atomic E-state index is 0.0946. The molecule has 0 N–H and O–H groups in total. The normalized spacial score (nSPS) is 31.6. The predicted octanol–water partition coefficient (Wildman–Crippen LogP) is 2.78. The summed E-state index contributed by atoms with van der Waals surface area (Å²) in [7, 11) is -2.72. The molecule has 0 bridgehead atoms. The maximum Gasteiger partial charge on any atom is 0.152 e. The molecule has 2 atom stereocenters. The second-order valence-electron chi connectivity index (χ2n) is 4.56. The third-order valence-corrected chi connectivity index (χ3v) is 5.53. The molecule has 0 saturated carbocycles. The summed E-state index contributed by atoms with van der Waals surface area (Å²) >= 11 is 0. The first-order valence-corrected chi connectivity index (χ1v) is 7.49. The van der Waals surface area contributed by atoms with E-state index in [2.05, 4.69) is 6.92 Å². The van der Waals surface area contributed by atoms with Crippen LogP contribution in [0.5, 0.6) is 0 Å². The van der Waals surface area contributed by atoms with Crippen molar-refractivity contribution in [1.82, 2.24) is 0 Å². The molecule has 1 fully saturated rings. The van der Waals surface area contributed by atoms with Crippen LogP contribution in [0.3, 0.4) is 0 Å². The van der Waals surface area contributed by atoms with Crippen LogP contribution in [0.2, 0.25) is 0 Å². The van der Waals surface area contributed by atoms with Crippen LogP contribution in [0.25, 0.3) is 0 Å². The fourth-order valence-corrected chi connectivity index (χ4v) is 3.84. The molecule has 1 rings (SSSR count). The van der Waals surface area contributed by atoms with Crippen LogP contribution >= 0.6 is 0 Å². The lowest BCUT2D eigenvalue weighted by molar-refractivity contribution is 0.392. The van der Waals surface area contributed by atoms with E-state index in [0.29, 0.717) is 11.7 Å². The highest BCUT2D eigenvalue weighted by Crippen LogP contribution is 2.28. The molecule has 1 aliphatic rings. The molecule has 0 aromatic heterocycles. The van der Waals surface area contributed by atoms with Gasteiger partial charge in [-0.3, -0.25) is 0 Å². The van der Waals surface area contributed by atoms with Crippen molar-refractivity contribution in [3.8, 4) is 0 Å². The molecule has 0 aromatic rings. The predicted molar refractivity (Wildman–Crippen MR) is 60.1 cm³/mol. The van der Waals surface area contributed by atoms with E-state index in [9.17, 15) is 8.42 Å². The maximum absolute atomic E-state index is 11.5. The highest BCUT2D eigenvalue weighted by Gasteiger charge is 2.30. The summed E-state index contributed by atoms with van der Waals surface area (Å²) in [6, 6.07) is 0. The van der Waals surface area contributed by atoms with E-state index >= 15 is 0 Å². The Morgan fingerprint density at radius 2 is 2.00 bits per heavy atom. The Kier molecular flexibility index (Phi) is 4.42. The average Bonchev–Trinajstić information content (AvgIpc) is 2.12. The summed E-state index contributed by atoms with van der Waals surface area (Å²) in [5, 5.41) is -0.0946. The Morgan fingerprint density at radius 1 is 1.29 bits per heavy atom. The Hall–Kier alpha value is -0.0500. The summed E-state index contributed by atoms with van der Waals surface area (Å²) in [6.45, 7) is 4.06. The molecule has 0 radical (unpaired) electrons. The van der Waals surface area contributed by atoms with Crippen LogP contribution in [0.4, 0.5) is 0 Å². The Labute approximate surface area is 88.0 Å².